The van der Waals surface area contributed by atoms with E-state index in [9.17, 15) is 9.59 Å². The van der Waals surface area contributed by atoms with Gasteiger partial charge in [-0.05, 0) is 43.2 Å². The number of carbonyl (C=O) groups excluding carboxylic acids is 1. The first-order valence-electron chi connectivity index (χ1n) is 8.80. The summed E-state index contributed by atoms with van der Waals surface area (Å²) >= 11 is 1.59. The van der Waals surface area contributed by atoms with E-state index in [1.54, 1.807) is 11.3 Å². The van der Waals surface area contributed by atoms with Crippen molar-refractivity contribution in [1.82, 2.24) is 19.5 Å². The fraction of sp³-hybridized carbons (Fsp3) is 0.500. The zero-order valence-corrected chi connectivity index (χ0v) is 15.3. The Bertz CT molecular complexity index is 1000. The molecule has 0 aliphatic heterocycles. The molecule has 1 aliphatic carbocycles. The molecule has 0 bridgehead atoms. The van der Waals surface area contributed by atoms with E-state index in [-0.39, 0.29) is 24.1 Å². The Morgan fingerprint density at radius 1 is 1.40 bits per heavy atom. The van der Waals surface area contributed by atoms with Crippen LogP contribution in [-0.4, -0.2) is 26.1 Å². The molecule has 2 atom stereocenters. The lowest BCUT2D eigenvalue weighted by molar-refractivity contribution is -0.123. The third kappa shape index (κ3) is 2.86. The summed E-state index contributed by atoms with van der Waals surface area (Å²) in [7, 11) is 0. The Morgan fingerprint density at radius 2 is 2.20 bits per heavy atom. The molecule has 1 saturated carbocycles. The Kier molecular flexibility index (Phi) is 4.11. The predicted molar refractivity (Wildman–Crippen MR) is 99.1 cm³/mol. The van der Waals surface area contributed by atoms with E-state index in [2.05, 4.69) is 17.3 Å². The minimum atomic E-state index is -0.221. The number of rotatable bonds is 3. The van der Waals surface area contributed by atoms with Crippen molar-refractivity contribution in [2.45, 2.75) is 52.1 Å². The van der Waals surface area contributed by atoms with Gasteiger partial charge in [-0.3, -0.25) is 14.0 Å². The van der Waals surface area contributed by atoms with Crippen molar-refractivity contribution < 1.29 is 4.79 Å². The minimum absolute atomic E-state index is 0.0295. The van der Waals surface area contributed by atoms with Crippen LogP contribution in [0.1, 0.15) is 38.4 Å². The van der Waals surface area contributed by atoms with Crippen LogP contribution < -0.4 is 10.9 Å². The first-order chi connectivity index (χ1) is 12.0. The van der Waals surface area contributed by atoms with E-state index in [1.165, 1.54) is 11.1 Å². The fourth-order valence-corrected chi connectivity index (χ4v) is 4.77. The van der Waals surface area contributed by atoms with Crippen molar-refractivity contribution in [1.29, 1.82) is 0 Å². The van der Waals surface area contributed by atoms with E-state index in [1.807, 2.05) is 28.8 Å². The average Bonchev–Trinajstić information content (AvgIpc) is 3.15. The molecule has 0 saturated heterocycles. The van der Waals surface area contributed by atoms with Crippen LogP contribution >= 0.6 is 11.3 Å². The van der Waals surface area contributed by atoms with Crippen LogP contribution in [0.3, 0.4) is 0 Å². The molecule has 0 spiro atoms. The highest BCUT2D eigenvalue weighted by atomic mass is 32.1. The summed E-state index contributed by atoms with van der Waals surface area (Å²) in [5.74, 6) is 1.07. The summed E-state index contributed by atoms with van der Waals surface area (Å²) in [6.07, 6.45) is 4.55. The molecule has 3 heterocycles. The van der Waals surface area contributed by atoms with Crippen molar-refractivity contribution in [3.63, 3.8) is 0 Å². The Morgan fingerprint density at radius 3 is 3.00 bits per heavy atom. The molecule has 1 N–H and O–H groups in total. The molecule has 0 unspecified atom stereocenters. The standard InChI is InChI=1S/C18H22N4O2S/c1-11-5-3-4-6-14(11)19-16(23)10-21-17(24)15-9-13-7-8-25-18(13)22(15)12(2)20-21/h7-9,11,14H,3-6,10H2,1-2H3,(H,19,23)/t11-,14-/m1/s1. The second kappa shape index (κ2) is 6.29. The molecule has 0 aromatic carbocycles. The molecule has 3 aromatic heterocycles. The maximum absolute atomic E-state index is 12.7. The van der Waals surface area contributed by atoms with Crippen molar-refractivity contribution in [2.75, 3.05) is 0 Å². The van der Waals surface area contributed by atoms with Crippen LogP contribution in [0.2, 0.25) is 0 Å². The first kappa shape index (κ1) is 16.3. The average molecular weight is 358 g/mol. The molecule has 1 amide bonds. The zero-order valence-electron chi connectivity index (χ0n) is 14.5. The largest absolute Gasteiger partial charge is 0.351 e. The van der Waals surface area contributed by atoms with Crippen LogP contribution in [0.4, 0.5) is 0 Å². The maximum Gasteiger partial charge on any atom is 0.291 e. The molecule has 7 heteroatoms. The van der Waals surface area contributed by atoms with Crippen LogP contribution in [0.5, 0.6) is 0 Å². The SMILES string of the molecule is Cc1nn(CC(=O)N[C@@H]2CCCC[C@H]2C)c(=O)c2cc3ccsc3n12. The third-order valence-corrected chi connectivity index (χ3v) is 6.12. The van der Waals surface area contributed by atoms with Gasteiger partial charge in [-0.2, -0.15) is 5.10 Å². The summed E-state index contributed by atoms with van der Waals surface area (Å²) in [4.78, 5) is 26.2. The summed E-state index contributed by atoms with van der Waals surface area (Å²) in [5, 5.41) is 10.5. The van der Waals surface area contributed by atoms with Gasteiger partial charge in [0, 0.05) is 11.4 Å². The van der Waals surface area contributed by atoms with E-state index >= 15 is 0 Å². The number of nitrogens with one attached hydrogen (secondary N) is 1. The molecule has 6 nitrogen and oxygen atoms in total. The van der Waals surface area contributed by atoms with Gasteiger partial charge in [-0.25, -0.2) is 4.68 Å². The quantitative estimate of drug-likeness (QED) is 0.783. The molecule has 0 radical (unpaired) electrons. The molecule has 3 aromatic rings. The van der Waals surface area contributed by atoms with E-state index in [0.29, 0.717) is 17.3 Å². The summed E-state index contributed by atoms with van der Waals surface area (Å²) in [6, 6.07) is 4.08. The molecule has 4 rings (SSSR count). The van der Waals surface area contributed by atoms with Crippen molar-refractivity contribution in [2.24, 2.45) is 5.92 Å². The molecule has 1 fully saturated rings. The lowest BCUT2D eigenvalue weighted by Gasteiger charge is -2.29. The molecular formula is C18H22N4O2S. The van der Waals surface area contributed by atoms with Crippen molar-refractivity contribution >= 4 is 33.0 Å². The Hall–Kier alpha value is -2.15. The fourth-order valence-electron chi connectivity index (χ4n) is 3.83. The van der Waals surface area contributed by atoms with Gasteiger partial charge in [-0.1, -0.05) is 19.8 Å². The van der Waals surface area contributed by atoms with Crippen LogP contribution in [0, 0.1) is 12.8 Å². The lowest BCUT2D eigenvalue weighted by Crippen LogP contribution is -2.44. The van der Waals surface area contributed by atoms with Gasteiger partial charge in [0.1, 0.15) is 22.7 Å². The number of fused-ring (bicyclic) bond motifs is 3. The third-order valence-electron chi connectivity index (χ3n) is 5.20. The second-order valence-corrected chi connectivity index (χ2v) is 7.89. The van der Waals surface area contributed by atoms with Gasteiger partial charge < -0.3 is 5.32 Å². The van der Waals surface area contributed by atoms with Gasteiger partial charge >= 0.3 is 0 Å². The van der Waals surface area contributed by atoms with Gasteiger partial charge in [0.2, 0.25) is 5.91 Å². The van der Waals surface area contributed by atoms with E-state index < -0.39 is 0 Å². The number of amides is 1. The highest BCUT2D eigenvalue weighted by molar-refractivity contribution is 7.16. The smallest absolute Gasteiger partial charge is 0.291 e. The molecule has 1 aliphatic rings. The summed E-state index contributed by atoms with van der Waals surface area (Å²) < 4.78 is 3.16. The van der Waals surface area contributed by atoms with Crippen LogP contribution in [0.25, 0.3) is 15.7 Å². The second-order valence-electron chi connectivity index (χ2n) is 6.99. The van der Waals surface area contributed by atoms with Crippen molar-refractivity contribution in [3.8, 4) is 0 Å². The van der Waals surface area contributed by atoms with Gasteiger partial charge in [-0.15, -0.1) is 11.3 Å². The molecule has 25 heavy (non-hydrogen) atoms. The monoisotopic (exact) mass is 358 g/mol. The summed E-state index contributed by atoms with van der Waals surface area (Å²) in [6.45, 7) is 4.01. The number of nitrogens with zero attached hydrogens (tertiary/aromatic N) is 3. The van der Waals surface area contributed by atoms with Gasteiger partial charge in [0.15, 0.2) is 0 Å². The Balaban J connectivity index is 1.62. The molecule has 132 valence electrons. The van der Waals surface area contributed by atoms with Crippen LogP contribution in [-0.2, 0) is 11.3 Å². The van der Waals surface area contributed by atoms with Gasteiger partial charge in [0.05, 0.1) is 0 Å². The van der Waals surface area contributed by atoms with Crippen molar-refractivity contribution in [3.05, 3.63) is 33.7 Å². The lowest BCUT2D eigenvalue weighted by atomic mass is 9.86. The minimum Gasteiger partial charge on any atom is -0.351 e. The number of hydrogen-bond acceptors (Lipinski definition) is 4. The number of aromatic nitrogens is 3. The number of carbonyl (C=O) groups is 1. The highest BCUT2D eigenvalue weighted by Crippen LogP contribution is 2.25. The van der Waals surface area contributed by atoms with Crippen LogP contribution in [0.15, 0.2) is 22.3 Å². The normalized spacial score (nSPS) is 21.0. The number of hydrogen-bond donors (Lipinski definition) is 1. The predicted octanol–water partition coefficient (Wildman–Crippen LogP) is 2.71. The highest BCUT2D eigenvalue weighted by Gasteiger charge is 2.23. The maximum atomic E-state index is 12.7. The van der Waals surface area contributed by atoms with E-state index in [4.69, 9.17) is 0 Å². The summed E-state index contributed by atoms with van der Waals surface area (Å²) in [5.41, 5.74) is 0.356. The topological polar surface area (TPSA) is 68.4 Å². The number of aryl methyl sites for hydroxylation is 1. The zero-order chi connectivity index (χ0) is 17.6. The Labute approximate surface area is 149 Å². The molecular weight excluding hydrogens is 336 g/mol. The number of thiophene rings is 1. The van der Waals surface area contributed by atoms with E-state index in [0.717, 1.165) is 29.5 Å². The first-order valence-corrected chi connectivity index (χ1v) is 9.68. The van der Waals surface area contributed by atoms with Gasteiger partial charge in [0.25, 0.3) is 5.56 Å².